The number of alkyl halides is 2. The topological polar surface area (TPSA) is 196 Å². The van der Waals surface area contributed by atoms with Gasteiger partial charge in [-0.15, -0.1) is 23.2 Å². The molecule has 4 aliphatic rings. The van der Waals surface area contributed by atoms with Gasteiger partial charge in [0.2, 0.25) is 0 Å². The highest BCUT2D eigenvalue weighted by Gasteiger charge is 2.68. The van der Waals surface area contributed by atoms with Gasteiger partial charge in [-0.2, -0.15) is 0 Å². The van der Waals surface area contributed by atoms with E-state index >= 15 is 0 Å². The van der Waals surface area contributed by atoms with Crippen LogP contribution in [0.1, 0.15) is 91.0 Å². The summed E-state index contributed by atoms with van der Waals surface area (Å²) in [5.41, 5.74) is -0.965. The van der Waals surface area contributed by atoms with E-state index in [1.54, 1.807) is 27.9 Å². The molecule has 4 saturated carbocycles. The van der Waals surface area contributed by atoms with Gasteiger partial charge in [0, 0.05) is 6.42 Å². The molecule has 0 radical (unpaired) electrons. The highest BCUT2D eigenvalue weighted by atomic mass is 35.5. The average Bonchev–Trinajstić information content (AvgIpc) is 3.91. The van der Waals surface area contributed by atoms with E-state index in [0.717, 1.165) is 62.7 Å². The summed E-state index contributed by atoms with van der Waals surface area (Å²) in [5, 5.41) is 42.2. The Kier molecular flexibility index (Phi) is 14.7. The van der Waals surface area contributed by atoms with Crippen molar-refractivity contribution in [2.45, 2.75) is 96.2 Å². The molecule has 0 saturated heterocycles. The van der Waals surface area contributed by atoms with Crippen LogP contribution in [0.25, 0.3) is 0 Å². The third-order valence-corrected chi connectivity index (χ3v) is 9.36. The van der Waals surface area contributed by atoms with Gasteiger partial charge in [-0.25, -0.2) is 0 Å². The molecular formula is C32H46Cl2O11. The minimum Gasteiger partial charge on any atom is -0.497 e. The lowest BCUT2D eigenvalue weighted by molar-refractivity contribution is -0.147. The molecule has 1 atom stereocenters. The molecule has 0 aromatic heterocycles. The van der Waals surface area contributed by atoms with E-state index in [-0.39, 0.29) is 17.3 Å². The molecule has 0 heterocycles. The molecule has 0 spiro atoms. The Morgan fingerprint density at radius 3 is 1.40 bits per heavy atom. The largest absolute Gasteiger partial charge is 0.497 e. The Bertz CT molecular complexity index is 1180. The first-order chi connectivity index (χ1) is 20.6. The van der Waals surface area contributed by atoms with Crippen molar-refractivity contribution in [2.75, 3.05) is 7.11 Å². The van der Waals surface area contributed by atoms with Crippen molar-refractivity contribution >= 4 is 53.0 Å². The standard InChI is InChI=1S/C12H16O3.C6H10O2.C5H6Cl2O2.C5H8O2.C4H6O2/c1-12(2,11(13)14)8-9-4-6-10(15-3)7-5-9;7-6(8)5-3-1-2-4-5;1-4(3(8)9)2-5(4,6)7;1-5(2-3-5)4(6)7;5-4(6)3-1-2-3/h4-7H,8H2,1-3H3,(H,13,14);5H,1-4H2,(H,7,8);2H2,1H3,(H,8,9);2-3H2,1H3,(H,6,7);3H,1-2H2,(H,5,6). The van der Waals surface area contributed by atoms with Crippen molar-refractivity contribution in [3.8, 4) is 5.75 Å². The number of rotatable bonds is 8. The Balaban J connectivity index is 0.000000293. The number of ether oxygens (including phenoxy) is 1. The minimum atomic E-state index is -1.03. The van der Waals surface area contributed by atoms with E-state index in [2.05, 4.69) is 0 Å². The second-order valence-electron chi connectivity index (χ2n) is 13.0. The molecule has 45 heavy (non-hydrogen) atoms. The monoisotopic (exact) mass is 676 g/mol. The maximum absolute atomic E-state index is 10.9. The number of halogens is 2. The van der Waals surface area contributed by atoms with Crippen LogP contribution >= 0.6 is 23.2 Å². The Labute approximate surface area is 273 Å². The second-order valence-corrected chi connectivity index (χ2v) is 14.5. The quantitative estimate of drug-likeness (QED) is 0.186. The molecule has 1 aromatic rings. The summed E-state index contributed by atoms with van der Waals surface area (Å²) in [6.07, 6.45) is 8.40. The van der Waals surface area contributed by atoms with Crippen LogP contribution < -0.4 is 4.74 Å². The van der Waals surface area contributed by atoms with Gasteiger partial charge in [0.15, 0.2) is 0 Å². The highest BCUT2D eigenvalue weighted by molar-refractivity contribution is 6.53. The van der Waals surface area contributed by atoms with Gasteiger partial charge in [-0.05, 0) is 90.3 Å². The van der Waals surface area contributed by atoms with Crippen LogP contribution in [-0.4, -0.2) is 66.8 Å². The predicted octanol–water partition coefficient (Wildman–Crippen LogP) is 6.62. The van der Waals surface area contributed by atoms with Crippen molar-refractivity contribution in [2.24, 2.45) is 28.1 Å². The third-order valence-electron chi connectivity index (χ3n) is 8.26. The molecule has 4 fully saturated rings. The summed E-state index contributed by atoms with van der Waals surface area (Å²) < 4.78 is 4.00. The van der Waals surface area contributed by atoms with E-state index in [1.165, 1.54) is 6.92 Å². The van der Waals surface area contributed by atoms with Crippen LogP contribution in [0.15, 0.2) is 24.3 Å². The second kappa shape index (κ2) is 16.5. The van der Waals surface area contributed by atoms with Crippen LogP contribution in [0.4, 0.5) is 0 Å². The average molecular weight is 678 g/mol. The predicted molar refractivity (Wildman–Crippen MR) is 168 cm³/mol. The zero-order chi connectivity index (χ0) is 34.8. The normalized spacial score (nSPS) is 21.7. The van der Waals surface area contributed by atoms with Crippen molar-refractivity contribution in [3.05, 3.63) is 29.8 Å². The van der Waals surface area contributed by atoms with E-state index in [1.807, 2.05) is 24.3 Å². The summed E-state index contributed by atoms with van der Waals surface area (Å²) in [4.78, 5) is 51.3. The van der Waals surface area contributed by atoms with Crippen molar-refractivity contribution in [3.63, 3.8) is 0 Å². The van der Waals surface area contributed by atoms with Crippen LogP contribution in [0, 0.1) is 28.1 Å². The molecular weight excluding hydrogens is 631 g/mol. The number of hydrogen-bond acceptors (Lipinski definition) is 6. The lowest BCUT2D eigenvalue weighted by Gasteiger charge is -2.18. The zero-order valence-corrected chi connectivity index (χ0v) is 28.0. The fraction of sp³-hybridized carbons (Fsp3) is 0.656. The number of aliphatic carboxylic acids is 5. The smallest absolute Gasteiger partial charge is 0.312 e. The van der Waals surface area contributed by atoms with E-state index in [0.29, 0.717) is 12.8 Å². The molecule has 5 rings (SSSR count). The van der Waals surface area contributed by atoms with Gasteiger partial charge in [-0.3, -0.25) is 24.0 Å². The molecule has 13 heteroatoms. The van der Waals surface area contributed by atoms with Gasteiger partial charge in [-0.1, -0.05) is 25.0 Å². The van der Waals surface area contributed by atoms with Gasteiger partial charge in [0.05, 0.1) is 29.8 Å². The van der Waals surface area contributed by atoms with Gasteiger partial charge in [0.1, 0.15) is 15.5 Å². The molecule has 0 amide bonds. The number of methoxy groups -OCH3 is 1. The third kappa shape index (κ3) is 13.5. The SMILES string of the molecule is CC1(C(=O)O)CC1.CC1(C(=O)O)CC1(Cl)Cl.COc1ccc(CC(C)(C)C(=O)O)cc1.O=C(O)C1CC1.O=C(O)C1CCCC1. The number of hydrogen-bond donors (Lipinski definition) is 5. The Hall–Kier alpha value is -3.05. The lowest BCUT2D eigenvalue weighted by atomic mass is 9.86. The molecule has 0 bridgehead atoms. The van der Waals surface area contributed by atoms with Crippen molar-refractivity contribution < 1.29 is 54.2 Å². The minimum absolute atomic E-state index is 0.0185. The zero-order valence-electron chi connectivity index (χ0n) is 26.5. The summed E-state index contributed by atoms with van der Waals surface area (Å²) in [6, 6.07) is 7.47. The molecule has 4 aliphatic carbocycles. The van der Waals surface area contributed by atoms with E-state index < -0.39 is 45.0 Å². The summed E-state index contributed by atoms with van der Waals surface area (Å²) in [7, 11) is 1.61. The van der Waals surface area contributed by atoms with Crippen LogP contribution in [0.2, 0.25) is 0 Å². The summed E-state index contributed by atoms with van der Waals surface area (Å²) in [5.74, 6) is -2.80. The van der Waals surface area contributed by atoms with Crippen LogP contribution in [0.5, 0.6) is 5.75 Å². The van der Waals surface area contributed by atoms with Crippen LogP contribution in [-0.2, 0) is 30.4 Å². The number of carboxylic acids is 5. The first-order valence-electron chi connectivity index (χ1n) is 14.8. The Morgan fingerprint density at radius 1 is 0.800 bits per heavy atom. The van der Waals surface area contributed by atoms with E-state index in [4.69, 9.17) is 53.5 Å². The van der Waals surface area contributed by atoms with Gasteiger partial charge >= 0.3 is 29.8 Å². The van der Waals surface area contributed by atoms with Crippen LogP contribution in [0.3, 0.4) is 0 Å². The Morgan fingerprint density at radius 2 is 1.22 bits per heavy atom. The van der Waals surface area contributed by atoms with Gasteiger partial charge in [0.25, 0.3) is 0 Å². The molecule has 1 unspecified atom stereocenters. The maximum Gasteiger partial charge on any atom is 0.312 e. The number of benzene rings is 1. The number of carbonyl (C=O) groups is 5. The van der Waals surface area contributed by atoms with Gasteiger partial charge < -0.3 is 30.3 Å². The molecule has 254 valence electrons. The van der Waals surface area contributed by atoms with Crippen molar-refractivity contribution in [1.29, 1.82) is 0 Å². The molecule has 11 nitrogen and oxygen atoms in total. The molecule has 1 aromatic carbocycles. The number of carboxylic acid groups (broad SMARTS) is 5. The maximum atomic E-state index is 10.9. The fourth-order valence-electron chi connectivity index (χ4n) is 3.87. The first kappa shape index (κ1) is 40.0. The summed E-state index contributed by atoms with van der Waals surface area (Å²) >= 11 is 11.1. The fourth-order valence-corrected chi connectivity index (χ4v) is 4.56. The first-order valence-corrected chi connectivity index (χ1v) is 15.5. The van der Waals surface area contributed by atoms with E-state index in [9.17, 15) is 24.0 Å². The van der Waals surface area contributed by atoms with Crippen molar-refractivity contribution in [1.82, 2.24) is 0 Å². The molecule has 5 N–H and O–H groups in total. The lowest BCUT2D eigenvalue weighted by Crippen LogP contribution is -2.26. The molecule has 0 aliphatic heterocycles. The highest BCUT2D eigenvalue weighted by Crippen LogP contribution is 2.63. The summed E-state index contributed by atoms with van der Waals surface area (Å²) in [6.45, 7) is 6.75.